The first-order valence-corrected chi connectivity index (χ1v) is 5.50. The van der Waals surface area contributed by atoms with Crippen LogP contribution in [-0.4, -0.2) is 34.7 Å². The monoisotopic (exact) mass is 199 g/mol. The van der Waals surface area contributed by atoms with E-state index >= 15 is 0 Å². The standard InChI is InChI=1S/C7H15F2NOS/c1-5(4-12(3)11)10-6(2)7(8)9/h5-7,10H,4H2,1-3H3. The molecule has 3 atom stereocenters. The maximum Gasteiger partial charge on any atom is 0.253 e. The lowest BCUT2D eigenvalue weighted by Gasteiger charge is -2.18. The highest BCUT2D eigenvalue weighted by Gasteiger charge is 2.16. The Balaban J connectivity index is 3.68. The Hall–Kier alpha value is -0.0300. The maximum atomic E-state index is 12.0. The molecule has 5 heteroatoms. The molecule has 0 aromatic carbocycles. The molecule has 1 N–H and O–H groups in total. The zero-order chi connectivity index (χ0) is 9.72. The van der Waals surface area contributed by atoms with Gasteiger partial charge in [0.1, 0.15) is 0 Å². The number of rotatable bonds is 5. The lowest BCUT2D eigenvalue weighted by atomic mass is 10.3. The van der Waals surface area contributed by atoms with Gasteiger partial charge in [-0.15, -0.1) is 0 Å². The molecule has 3 unspecified atom stereocenters. The van der Waals surface area contributed by atoms with Crippen LogP contribution in [0.2, 0.25) is 0 Å². The highest BCUT2D eigenvalue weighted by molar-refractivity contribution is 7.84. The summed E-state index contributed by atoms with van der Waals surface area (Å²) >= 11 is 0. The molecule has 0 saturated carbocycles. The Bertz CT molecular complexity index is 154. The van der Waals surface area contributed by atoms with Crippen LogP contribution in [0, 0.1) is 0 Å². The average molecular weight is 199 g/mol. The van der Waals surface area contributed by atoms with Gasteiger partial charge in [-0.1, -0.05) is 0 Å². The van der Waals surface area contributed by atoms with E-state index < -0.39 is 23.3 Å². The fraction of sp³-hybridized carbons (Fsp3) is 1.00. The first-order chi connectivity index (χ1) is 5.43. The Morgan fingerprint density at radius 3 is 2.25 bits per heavy atom. The van der Waals surface area contributed by atoms with Crippen molar-refractivity contribution in [2.24, 2.45) is 0 Å². The van der Waals surface area contributed by atoms with E-state index in [1.165, 1.54) is 6.92 Å². The van der Waals surface area contributed by atoms with Crippen LogP contribution in [0.5, 0.6) is 0 Å². The van der Waals surface area contributed by atoms with Gasteiger partial charge in [0.25, 0.3) is 6.43 Å². The summed E-state index contributed by atoms with van der Waals surface area (Å²) < 4.78 is 34.7. The van der Waals surface area contributed by atoms with E-state index in [1.807, 2.05) is 0 Å². The van der Waals surface area contributed by atoms with Crippen LogP contribution in [-0.2, 0) is 10.8 Å². The van der Waals surface area contributed by atoms with Gasteiger partial charge in [-0.2, -0.15) is 0 Å². The molecule has 0 aliphatic carbocycles. The third kappa shape index (κ3) is 5.60. The maximum absolute atomic E-state index is 12.0. The van der Waals surface area contributed by atoms with Crippen LogP contribution in [0.25, 0.3) is 0 Å². The SMILES string of the molecule is CC(CS(C)=O)NC(C)C(F)F. The van der Waals surface area contributed by atoms with E-state index in [1.54, 1.807) is 13.2 Å². The molecule has 0 spiro atoms. The summed E-state index contributed by atoms with van der Waals surface area (Å²) in [5.41, 5.74) is 0. The molecule has 12 heavy (non-hydrogen) atoms. The Morgan fingerprint density at radius 1 is 1.42 bits per heavy atom. The molecule has 0 fully saturated rings. The first kappa shape index (κ1) is 12.0. The predicted octanol–water partition coefficient (Wildman–Crippen LogP) is 0.997. The third-order valence-corrected chi connectivity index (χ3v) is 2.38. The molecule has 74 valence electrons. The zero-order valence-electron chi connectivity index (χ0n) is 7.51. The van der Waals surface area contributed by atoms with Gasteiger partial charge >= 0.3 is 0 Å². The van der Waals surface area contributed by atoms with Crippen LogP contribution < -0.4 is 5.32 Å². The normalized spacial score (nSPS) is 19.2. The molecule has 0 aliphatic heterocycles. The molecule has 0 aromatic rings. The second kappa shape index (κ2) is 5.59. The van der Waals surface area contributed by atoms with Gasteiger partial charge < -0.3 is 5.32 Å². The third-order valence-electron chi connectivity index (χ3n) is 1.41. The number of hydrogen-bond donors (Lipinski definition) is 1. The summed E-state index contributed by atoms with van der Waals surface area (Å²) in [6.07, 6.45) is -0.802. The number of halogens is 2. The van der Waals surface area contributed by atoms with Crippen molar-refractivity contribution < 1.29 is 13.0 Å². The van der Waals surface area contributed by atoms with Gasteiger partial charge in [-0.3, -0.25) is 4.21 Å². The largest absolute Gasteiger partial charge is 0.306 e. The highest BCUT2D eigenvalue weighted by Crippen LogP contribution is 2.00. The van der Waals surface area contributed by atoms with Crippen molar-refractivity contribution in [3.8, 4) is 0 Å². The first-order valence-electron chi connectivity index (χ1n) is 3.77. The molecule has 0 aromatic heterocycles. The van der Waals surface area contributed by atoms with E-state index in [2.05, 4.69) is 5.32 Å². The van der Waals surface area contributed by atoms with E-state index in [0.717, 1.165) is 0 Å². The minimum atomic E-state index is -2.36. The van der Waals surface area contributed by atoms with Gasteiger partial charge in [0, 0.05) is 28.9 Å². The number of alkyl halides is 2. The van der Waals surface area contributed by atoms with Crippen molar-refractivity contribution in [3.05, 3.63) is 0 Å². The Labute approximate surface area is 74.2 Å². The van der Waals surface area contributed by atoms with Crippen LogP contribution >= 0.6 is 0 Å². The summed E-state index contributed by atoms with van der Waals surface area (Å²) in [5, 5.41) is 2.67. The van der Waals surface area contributed by atoms with Crippen LogP contribution in [0.3, 0.4) is 0 Å². The minimum absolute atomic E-state index is 0.125. The summed E-state index contributed by atoms with van der Waals surface area (Å²) in [5.74, 6) is 0.414. The quantitative estimate of drug-likeness (QED) is 0.715. The molecule has 0 amide bonds. The second-order valence-electron chi connectivity index (χ2n) is 2.93. The van der Waals surface area contributed by atoms with Crippen molar-refractivity contribution in [3.63, 3.8) is 0 Å². The van der Waals surface area contributed by atoms with Crippen molar-refractivity contribution in [1.82, 2.24) is 5.32 Å². The highest BCUT2D eigenvalue weighted by atomic mass is 32.2. The topological polar surface area (TPSA) is 29.1 Å². The fourth-order valence-electron chi connectivity index (χ4n) is 0.922. The Kier molecular flexibility index (Phi) is 5.57. The fourth-order valence-corrected chi connectivity index (χ4v) is 1.72. The summed E-state index contributed by atoms with van der Waals surface area (Å²) in [7, 11) is -0.933. The van der Waals surface area contributed by atoms with Gasteiger partial charge in [0.05, 0.1) is 6.04 Å². The van der Waals surface area contributed by atoms with Crippen LogP contribution in [0.15, 0.2) is 0 Å². The van der Waals surface area contributed by atoms with Crippen molar-refractivity contribution in [2.45, 2.75) is 32.4 Å². The zero-order valence-corrected chi connectivity index (χ0v) is 8.33. The van der Waals surface area contributed by atoms with E-state index in [-0.39, 0.29) is 6.04 Å². The van der Waals surface area contributed by atoms with Crippen molar-refractivity contribution >= 4 is 10.8 Å². The van der Waals surface area contributed by atoms with Crippen LogP contribution in [0.4, 0.5) is 8.78 Å². The molecule has 0 aliphatic rings. The van der Waals surface area contributed by atoms with E-state index in [9.17, 15) is 13.0 Å². The van der Waals surface area contributed by atoms with Crippen molar-refractivity contribution in [1.29, 1.82) is 0 Å². The average Bonchev–Trinajstić information content (AvgIpc) is 1.84. The van der Waals surface area contributed by atoms with E-state index in [0.29, 0.717) is 5.75 Å². The molecular formula is C7H15F2NOS. The van der Waals surface area contributed by atoms with Gasteiger partial charge in [-0.25, -0.2) is 8.78 Å². The molecular weight excluding hydrogens is 184 g/mol. The molecule has 0 heterocycles. The van der Waals surface area contributed by atoms with Gasteiger partial charge in [-0.05, 0) is 13.8 Å². The minimum Gasteiger partial charge on any atom is -0.306 e. The smallest absolute Gasteiger partial charge is 0.253 e. The van der Waals surface area contributed by atoms with Crippen LogP contribution in [0.1, 0.15) is 13.8 Å². The molecule has 0 bridgehead atoms. The molecule has 0 radical (unpaired) electrons. The summed E-state index contributed by atoms with van der Waals surface area (Å²) in [6.45, 7) is 3.17. The predicted molar refractivity (Wildman–Crippen MR) is 47.0 cm³/mol. The summed E-state index contributed by atoms with van der Waals surface area (Å²) in [4.78, 5) is 0. The molecule has 0 saturated heterocycles. The van der Waals surface area contributed by atoms with Gasteiger partial charge in [0.15, 0.2) is 0 Å². The number of hydrogen-bond acceptors (Lipinski definition) is 2. The lowest BCUT2D eigenvalue weighted by Crippen LogP contribution is -2.41. The van der Waals surface area contributed by atoms with Crippen molar-refractivity contribution in [2.75, 3.05) is 12.0 Å². The second-order valence-corrected chi connectivity index (χ2v) is 4.41. The van der Waals surface area contributed by atoms with E-state index in [4.69, 9.17) is 0 Å². The van der Waals surface area contributed by atoms with Gasteiger partial charge in [0.2, 0.25) is 0 Å². The summed E-state index contributed by atoms with van der Waals surface area (Å²) in [6, 6.07) is -0.955. The molecule has 2 nitrogen and oxygen atoms in total. The molecule has 0 rings (SSSR count). The lowest BCUT2D eigenvalue weighted by molar-refractivity contribution is 0.102. The Morgan fingerprint density at radius 2 is 1.92 bits per heavy atom. The number of nitrogens with one attached hydrogen (secondary N) is 1.